The summed E-state index contributed by atoms with van der Waals surface area (Å²) >= 11 is 12.2. The first kappa shape index (κ1) is 19.2. The lowest BCUT2D eigenvalue weighted by Gasteiger charge is -2.08. The van der Waals surface area contributed by atoms with Crippen LogP contribution >= 0.6 is 23.2 Å². The van der Waals surface area contributed by atoms with E-state index in [1.807, 2.05) is 30.3 Å². The number of amides is 1. The van der Waals surface area contributed by atoms with Gasteiger partial charge in [0.15, 0.2) is 5.78 Å². The highest BCUT2D eigenvalue weighted by atomic mass is 35.5. The first-order chi connectivity index (χ1) is 12.0. The van der Waals surface area contributed by atoms with Gasteiger partial charge >= 0.3 is 0 Å². The molecule has 0 heterocycles. The first-order valence-corrected chi connectivity index (χ1v) is 8.73. The molecule has 3 nitrogen and oxygen atoms in total. The molecule has 2 aromatic rings. The second kappa shape index (κ2) is 9.40. The Hall–Kier alpha value is -2.10. The fraction of sp³-hybridized carbons (Fsp3) is 0.200. The predicted octanol–water partition coefficient (Wildman–Crippen LogP) is 4.71. The van der Waals surface area contributed by atoms with Gasteiger partial charge < -0.3 is 5.32 Å². The summed E-state index contributed by atoms with van der Waals surface area (Å²) in [5, 5.41) is 3.56. The number of halogens is 2. The lowest BCUT2D eigenvalue weighted by Crippen LogP contribution is -2.28. The summed E-state index contributed by atoms with van der Waals surface area (Å²) in [5.41, 5.74) is 1.71. The molecular formula is C20H19Cl2NO2. The van der Waals surface area contributed by atoms with Gasteiger partial charge in [0.2, 0.25) is 0 Å². The molecular weight excluding hydrogens is 357 g/mol. The fourth-order valence-corrected chi connectivity index (χ4v) is 2.86. The fourth-order valence-electron chi connectivity index (χ4n) is 2.35. The third-order valence-electron chi connectivity index (χ3n) is 3.68. The standard InChI is InChI=1S/C20H19Cl2NO2/c1-14(24)16(13-17-18(21)10-5-11-19(17)22)20(25)23-12-6-9-15-7-3-2-4-8-15/h2-5,7-8,10-11,13H,6,9,12H2,1H3,(H,23,25)/b16-13-. The lowest BCUT2D eigenvalue weighted by molar-refractivity contribution is -0.121. The van der Waals surface area contributed by atoms with Crippen molar-refractivity contribution in [1.82, 2.24) is 5.32 Å². The molecule has 0 saturated carbocycles. The SMILES string of the molecule is CC(=O)/C(=C/c1c(Cl)cccc1Cl)C(=O)NCCCc1ccccc1. The van der Waals surface area contributed by atoms with Crippen molar-refractivity contribution in [2.24, 2.45) is 0 Å². The third kappa shape index (κ3) is 5.73. The summed E-state index contributed by atoms with van der Waals surface area (Å²) in [7, 11) is 0. The maximum Gasteiger partial charge on any atom is 0.254 e. The van der Waals surface area contributed by atoms with Crippen molar-refractivity contribution >= 4 is 41.0 Å². The zero-order valence-corrected chi connectivity index (χ0v) is 15.4. The average Bonchev–Trinajstić information content (AvgIpc) is 2.59. The summed E-state index contributed by atoms with van der Waals surface area (Å²) in [6.07, 6.45) is 3.09. The van der Waals surface area contributed by atoms with Crippen LogP contribution in [0, 0.1) is 0 Å². The molecule has 2 rings (SSSR count). The summed E-state index contributed by atoms with van der Waals surface area (Å²) in [4.78, 5) is 24.2. The molecule has 130 valence electrons. The van der Waals surface area contributed by atoms with Gasteiger partial charge in [0.25, 0.3) is 5.91 Å². The molecule has 0 atom stereocenters. The van der Waals surface area contributed by atoms with Crippen LogP contribution in [0.15, 0.2) is 54.1 Å². The molecule has 0 fully saturated rings. The number of hydrogen-bond donors (Lipinski definition) is 1. The molecule has 5 heteroatoms. The van der Waals surface area contributed by atoms with Crippen molar-refractivity contribution in [2.75, 3.05) is 6.54 Å². The van der Waals surface area contributed by atoms with E-state index >= 15 is 0 Å². The first-order valence-electron chi connectivity index (χ1n) is 7.98. The number of ketones is 1. The number of carbonyl (C=O) groups is 2. The van der Waals surface area contributed by atoms with Crippen molar-refractivity contribution in [3.8, 4) is 0 Å². The largest absolute Gasteiger partial charge is 0.352 e. The van der Waals surface area contributed by atoms with E-state index < -0.39 is 5.91 Å². The maximum absolute atomic E-state index is 12.3. The van der Waals surface area contributed by atoms with Crippen LogP contribution in [0.1, 0.15) is 24.5 Å². The van der Waals surface area contributed by atoms with E-state index in [0.717, 1.165) is 12.8 Å². The highest BCUT2D eigenvalue weighted by molar-refractivity contribution is 6.37. The van der Waals surface area contributed by atoms with E-state index in [1.165, 1.54) is 18.6 Å². The van der Waals surface area contributed by atoms with Gasteiger partial charge in [0.1, 0.15) is 0 Å². The molecule has 2 aromatic carbocycles. The Labute approximate surface area is 157 Å². The molecule has 0 saturated heterocycles. The molecule has 25 heavy (non-hydrogen) atoms. The smallest absolute Gasteiger partial charge is 0.254 e. The normalized spacial score (nSPS) is 11.2. The Morgan fingerprint density at radius 1 is 1.00 bits per heavy atom. The quantitative estimate of drug-likeness (QED) is 0.329. The second-order valence-corrected chi connectivity index (χ2v) is 6.41. The monoisotopic (exact) mass is 375 g/mol. The number of nitrogens with one attached hydrogen (secondary N) is 1. The van der Waals surface area contributed by atoms with Gasteiger partial charge in [-0.1, -0.05) is 59.6 Å². The minimum atomic E-state index is -0.420. The minimum Gasteiger partial charge on any atom is -0.352 e. The highest BCUT2D eigenvalue weighted by Crippen LogP contribution is 2.26. The van der Waals surface area contributed by atoms with Crippen molar-refractivity contribution < 1.29 is 9.59 Å². The third-order valence-corrected chi connectivity index (χ3v) is 4.34. The van der Waals surface area contributed by atoms with Crippen LogP contribution < -0.4 is 5.32 Å². The zero-order valence-electron chi connectivity index (χ0n) is 13.9. The Morgan fingerprint density at radius 2 is 1.64 bits per heavy atom. The Bertz CT molecular complexity index is 765. The number of aryl methyl sites for hydroxylation is 1. The molecule has 0 aliphatic rings. The van der Waals surface area contributed by atoms with E-state index in [2.05, 4.69) is 5.32 Å². The van der Waals surface area contributed by atoms with Gasteiger partial charge in [0, 0.05) is 22.2 Å². The number of carbonyl (C=O) groups excluding carboxylic acids is 2. The Balaban J connectivity index is 2.01. The van der Waals surface area contributed by atoms with Crippen LogP contribution in [0.25, 0.3) is 6.08 Å². The molecule has 0 unspecified atom stereocenters. The molecule has 0 aliphatic carbocycles. The summed E-state index contributed by atoms with van der Waals surface area (Å²) in [6, 6.07) is 15.1. The topological polar surface area (TPSA) is 46.2 Å². The molecule has 1 N–H and O–H groups in total. The van der Waals surface area contributed by atoms with Crippen molar-refractivity contribution in [3.05, 3.63) is 75.3 Å². The summed E-state index contributed by atoms with van der Waals surface area (Å²) in [5.74, 6) is -0.756. The Kier molecular flexibility index (Phi) is 7.23. The van der Waals surface area contributed by atoms with Gasteiger partial charge in [-0.3, -0.25) is 9.59 Å². The summed E-state index contributed by atoms with van der Waals surface area (Å²) in [6.45, 7) is 1.83. The molecule has 0 aromatic heterocycles. The van der Waals surface area contributed by atoms with Crippen LogP contribution in [-0.4, -0.2) is 18.2 Å². The minimum absolute atomic E-state index is 0.0368. The van der Waals surface area contributed by atoms with E-state index in [0.29, 0.717) is 22.2 Å². The van der Waals surface area contributed by atoms with Crippen LogP contribution in [0.3, 0.4) is 0 Å². The zero-order chi connectivity index (χ0) is 18.2. The number of Topliss-reactive ketones (excluding diaryl/α,β-unsaturated/α-hetero) is 1. The van der Waals surface area contributed by atoms with Crippen LogP contribution in [-0.2, 0) is 16.0 Å². The van der Waals surface area contributed by atoms with E-state index in [4.69, 9.17) is 23.2 Å². The van der Waals surface area contributed by atoms with Gasteiger partial charge in [-0.25, -0.2) is 0 Å². The molecule has 0 bridgehead atoms. The molecule has 1 amide bonds. The second-order valence-electron chi connectivity index (χ2n) is 5.59. The van der Waals surface area contributed by atoms with Crippen LogP contribution in [0.2, 0.25) is 10.0 Å². The molecule has 0 spiro atoms. The Morgan fingerprint density at radius 3 is 2.24 bits per heavy atom. The van der Waals surface area contributed by atoms with Crippen molar-refractivity contribution in [1.29, 1.82) is 0 Å². The van der Waals surface area contributed by atoms with Gasteiger partial charge in [-0.15, -0.1) is 0 Å². The van der Waals surface area contributed by atoms with Gasteiger partial charge in [-0.2, -0.15) is 0 Å². The van der Waals surface area contributed by atoms with Crippen molar-refractivity contribution in [2.45, 2.75) is 19.8 Å². The molecule has 0 radical (unpaired) electrons. The predicted molar refractivity (Wildman–Crippen MR) is 103 cm³/mol. The van der Waals surface area contributed by atoms with E-state index in [-0.39, 0.29) is 11.4 Å². The number of rotatable bonds is 7. The molecule has 0 aliphatic heterocycles. The average molecular weight is 376 g/mol. The van der Waals surface area contributed by atoms with Crippen LogP contribution in [0.5, 0.6) is 0 Å². The van der Waals surface area contributed by atoms with E-state index in [9.17, 15) is 9.59 Å². The van der Waals surface area contributed by atoms with Gasteiger partial charge in [-0.05, 0) is 43.5 Å². The number of benzene rings is 2. The van der Waals surface area contributed by atoms with Crippen LogP contribution in [0.4, 0.5) is 0 Å². The lowest BCUT2D eigenvalue weighted by atomic mass is 10.1. The highest BCUT2D eigenvalue weighted by Gasteiger charge is 2.15. The van der Waals surface area contributed by atoms with Gasteiger partial charge in [0.05, 0.1) is 5.57 Å². The maximum atomic E-state index is 12.3. The van der Waals surface area contributed by atoms with Crippen molar-refractivity contribution in [3.63, 3.8) is 0 Å². The van der Waals surface area contributed by atoms with E-state index in [1.54, 1.807) is 18.2 Å². The number of hydrogen-bond acceptors (Lipinski definition) is 2. The summed E-state index contributed by atoms with van der Waals surface area (Å²) < 4.78 is 0.